The zero-order valence-electron chi connectivity index (χ0n) is 24.4. The molecule has 1 aliphatic rings. The highest BCUT2D eigenvalue weighted by Gasteiger charge is 2.35. The standard InChI is InChI=1S/C31H31ClF3N3O5S/c1-30(2,3)43-29(39)12-8-14-42-26-17-24(32)22(23-19-37-28(31(33,34)35)15-21(23)18-36)16-27(26)44(40,41)38-13-7-6-10-20-9-4-5-11-25(20)38/h4-5,9,11,15-17,19H,6-8,10,12-14H2,1-3H3. The van der Waals surface area contributed by atoms with Crippen LogP contribution in [0.15, 0.2) is 53.6 Å². The number of anilines is 1. The van der Waals surface area contributed by atoms with Gasteiger partial charge in [0.05, 0.1) is 28.9 Å². The lowest BCUT2D eigenvalue weighted by Crippen LogP contribution is -2.32. The number of hydrogen-bond donors (Lipinski definition) is 0. The first-order valence-corrected chi connectivity index (χ1v) is 15.7. The molecular formula is C31H31ClF3N3O5S. The van der Waals surface area contributed by atoms with Crippen molar-refractivity contribution in [2.75, 3.05) is 17.5 Å². The Morgan fingerprint density at radius 1 is 1.11 bits per heavy atom. The van der Waals surface area contributed by atoms with E-state index in [-0.39, 0.29) is 58.4 Å². The Hall–Kier alpha value is -3.82. The summed E-state index contributed by atoms with van der Waals surface area (Å²) in [5.41, 5.74) is -1.05. The maximum Gasteiger partial charge on any atom is 0.433 e. The van der Waals surface area contributed by atoms with Crippen molar-refractivity contribution in [1.29, 1.82) is 5.26 Å². The van der Waals surface area contributed by atoms with Crippen LogP contribution >= 0.6 is 11.6 Å². The summed E-state index contributed by atoms with van der Waals surface area (Å²) >= 11 is 6.55. The second-order valence-electron chi connectivity index (χ2n) is 11.2. The zero-order chi connectivity index (χ0) is 32.3. The van der Waals surface area contributed by atoms with Gasteiger partial charge < -0.3 is 9.47 Å². The monoisotopic (exact) mass is 649 g/mol. The highest BCUT2D eigenvalue weighted by Crippen LogP contribution is 2.41. The molecule has 0 bridgehead atoms. The number of hydrogen-bond acceptors (Lipinski definition) is 7. The number of ether oxygens (including phenoxy) is 2. The quantitative estimate of drug-likeness (QED) is 0.186. The van der Waals surface area contributed by atoms with Gasteiger partial charge in [0.15, 0.2) is 0 Å². The molecule has 0 N–H and O–H groups in total. The number of para-hydroxylation sites is 1. The van der Waals surface area contributed by atoms with E-state index < -0.39 is 33.5 Å². The Morgan fingerprint density at radius 2 is 1.84 bits per heavy atom. The maximum absolute atomic E-state index is 14.4. The number of nitrogens with zero attached hydrogens (tertiary/aromatic N) is 3. The number of aryl methyl sites for hydroxylation is 1. The molecule has 234 valence electrons. The molecule has 0 saturated heterocycles. The number of alkyl halides is 3. The molecule has 1 aliphatic heterocycles. The van der Waals surface area contributed by atoms with Gasteiger partial charge in [0.2, 0.25) is 0 Å². The number of carbonyl (C=O) groups excluding carboxylic acids is 1. The molecular weight excluding hydrogens is 619 g/mol. The van der Waals surface area contributed by atoms with Crippen molar-refractivity contribution in [2.45, 2.75) is 69.5 Å². The molecule has 0 unspecified atom stereocenters. The fourth-order valence-electron chi connectivity index (χ4n) is 4.79. The van der Waals surface area contributed by atoms with Crippen LogP contribution in [-0.4, -0.2) is 38.1 Å². The van der Waals surface area contributed by atoms with Gasteiger partial charge in [-0.1, -0.05) is 29.8 Å². The second-order valence-corrected chi connectivity index (χ2v) is 13.4. The fourth-order valence-corrected chi connectivity index (χ4v) is 6.73. The molecule has 44 heavy (non-hydrogen) atoms. The minimum Gasteiger partial charge on any atom is -0.492 e. The molecule has 0 atom stereocenters. The van der Waals surface area contributed by atoms with E-state index in [4.69, 9.17) is 21.1 Å². The molecule has 0 fully saturated rings. The predicted molar refractivity (Wildman–Crippen MR) is 159 cm³/mol. The van der Waals surface area contributed by atoms with Crippen molar-refractivity contribution >= 4 is 33.3 Å². The molecule has 2 heterocycles. The van der Waals surface area contributed by atoms with E-state index in [9.17, 15) is 31.6 Å². The van der Waals surface area contributed by atoms with Gasteiger partial charge in [-0.05, 0) is 70.2 Å². The zero-order valence-corrected chi connectivity index (χ0v) is 25.9. The molecule has 0 radical (unpaired) electrons. The number of rotatable bonds is 8. The normalized spacial score (nSPS) is 13.9. The smallest absolute Gasteiger partial charge is 0.433 e. The van der Waals surface area contributed by atoms with Gasteiger partial charge in [0, 0.05) is 36.4 Å². The van der Waals surface area contributed by atoms with Crippen LogP contribution in [0.3, 0.4) is 0 Å². The number of benzene rings is 2. The van der Waals surface area contributed by atoms with Crippen molar-refractivity contribution in [3.8, 4) is 22.9 Å². The molecule has 0 aliphatic carbocycles. The first-order chi connectivity index (χ1) is 20.6. The average molecular weight is 650 g/mol. The molecule has 8 nitrogen and oxygen atoms in total. The van der Waals surface area contributed by atoms with Gasteiger partial charge >= 0.3 is 12.1 Å². The minimum atomic E-state index is -4.79. The molecule has 1 aromatic heterocycles. The molecule has 0 saturated carbocycles. The molecule has 0 amide bonds. The van der Waals surface area contributed by atoms with Crippen LogP contribution in [0.1, 0.15) is 63.3 Å². The molecule has 3 aromatic rings. The third kappa shape index (κ3) is 7.63. The molecule has 4 rings (SSSR count). The van der Waals surface area contributed by atoms with E-state index in [2.05, 4.69) is 4.98 Å². The topological polar surface area (TPSA) is 110 Å². The van der Waals surface area contributed by atoms with Crippen molar-refractivity contribution in [3.63, 3.8) is 0 Å². The number of halogens is 4. The van der Waals surface area contributed by atoms with Crippen LogP contribution in [0.2, 0.25) is 5.02 Å². The Labute approximate surface area is 259 Å². The Kier molecular flexibility index (Phi) is 9.80. The van der Waals surface area contributed by atoms with Gasteiger partial charge in [-0.2, -0.15) is 18.4 Å². The highest BCUT2D eigenvalue weighted by atomic mass is 35.5. The van der Waals surface area contributed by atoms with Crippen molar-refractivity contribution in [3.05, 3.63) is 70.5 Å². The van der Waals surface area contributed by atoms with Gasteiger partial charge in [-0.3, -0.25) is 14.1 Å². The lowest BCUT2D eigenvalue weighted by Gasteiger charge is -2.26. The third-order valence-electron chi connectivity index (χ3n) is 6.73. The first kappa shape index (κ1) is 33.1. The Morgan fingerprint density at radius 3 is 2.52 bits per heavy atom. The number of esters is 1. The lowest BCUT2D eigenvalue weighted by molar-refractivity contribution is -0.155. The van der Waals surface area contributed by atoms with E-state index in [1.54, 1.807) is 39.0 Å². The minimum absolute atomic E-state index is 0.00720. The van der Waals surface area contributed by atoms with Crippen LogP contribution < -0.4 is 9.04 Å². The molecule has 13 heteroatoms. The van der Waals surface area contributed by atoms with Crippen LogP contribution in [-0.2, 0) is 32.2 Å². The van der Waals surface area contributed by atoms with Gasteiger partial charge in [-0.25, -0.2) is 8.42 Å². The summed E-state index contributed by atoms with van der Waals surface area (Å²) in [6.07, 6.45) is -1.67. The predicted octanol–water partition coefficient (Wildman–Crippen LogP) is 7.32. The number of nitriles is 1. The summed E-state index contributed by atoms with van der Waals surface area (Å²) in [6, 6.07) is 11.9. The van der Waals surface area contributed by atoms with Gasteiger partial charge in [0.1, 0.15) is 21.9 Å². The van der Waals surface area contributed by atoms with E-state index in [0.717, 1.165) is 18.2 Å². The Bertz CT molecular complexity index is 1700. The van der Waals surface area contributed by atoms with Crippen LogP contribution in [0.5, 0.6) is 5.75 Å². The summed E-state index contributed by atoms with van der Waals surface area (Å²) in [7, 11) is -4.33. The van der Waals surface area contributed by atoms with Crippen molar-refractivity contribution < 1.29 is 35.9 Å². The van der Waals surface area contributed by atoms with Gasteiger partial charge in [-0.15, -0.1) is 0 Å². The highest BCUT2D eigenvalue weighted by molar-refractivity contribution is 7.93. The van der Waals surface area contributed by atoms with Crippen LogP contribution in [0, 0.1) is 11.3 Å². The van der Waals surface area contributed by atoms with E-state index in [0.29, 0.717) is 24.6 Å². The Balaban J connectivity index is 1.79. The van der Waals surface area contributed by atoms with E-state index in [1.165, 1.54) is 16.4 Å². The second kappa shape index (κ2) is 13.0. The summed E-state index contributed by atoms with van der Waals surface area (Å²) < 4.78 is 81.1. The van der Waals surface area contributed by atoms with E-state index >= 15 is 0 Å². The lowest BCUT2D eigenvalue weighted by atomic mass is 10.0. The van der Waals surface area contributed by atoms with Crippen LogP contribution in [0.4, 0.5) is 18.9 Å². The largest absolute Gasteiger partial charge is 0.492 e. The average Bonchev–Trinajstić information content (AvgIpc) is 3.17. The number of pyridine rings is 1. The number of fused-ring (bicyclic) bond motifs is 1. The SMILES string of the molecule is CC(C)(C)OC(=O)CCCOc1cc(Cl)c(-c2cnc(C(F)(F)F)cc2C#N)cc1S(=O)(=O)N1CCCCc2ccccc21. The third-order valence-corrected chi connectivity index (χ3v) is 8.87. The summed E-state index contributed by atoms with van der Waals surface area (Å²) in [4.78, 5) is 15.3. The number of carbonyl (C=O) groups is 1. The maximum atomic E-state index is 14.4. The fraction of sp³-hybridized carbons (Fsp3) is 0.387. The molecule has 2 aromatic carbocycles. The van der Waals surface area contributed by atoms with Gasteiger partial charge in [0.25, 0.3) is 10.0 Å². The van der Waals surface area contributed by atoms with Crippen molar-refractivity contribution in [1.82, 2.24) is 4.98 Å². The number of sulfonamides is 1. The van der Waals surface area contributed by atoms with Crippen LogP contribution in [0.25, 0.3) is 11.1 Å². The van der Waals surface area contributed by atoms with Crippen molar-refractivity contribution in [2.24, 2.45) is 0 Å². The molecule has 0 spiro atoms. The first-order valence-electron chi connectivity index (χ1n) is 13.9. The van der Waals surface area contributed by atoms with E-state index in [1.807, 2.05) is 12.1 Å². The summed E-state index contributed by atoms with van der Waals surface area (Å²) in [5.74, 6) is -0.551. The number of aromatic nitrogens is 1. The summed E-state index contributed by atoms with van der Waals surface area (Å²) in [5, 5.41) is 9.60. The summed E-state index contributed by atoms with van der Waals surface area (Å²) in [6.45, 7) is 5.35.